The zero-order valence-electron chi connectivity index (χ0n) is 13.2. The largest absolute Gasteiger partial charge is 0.378 e. The molecule has 1 fully saturated rings. The average molecular weight is 289 g/mol. The summed E-state index contributed by atoms with van der Waals surface area (Å²) < 4.78 is 5.63. The molecule has 1 aliphatic rings. The smallest absolute Gasteiger partial charge is 0.191 e. The number of guanidine groups is 1. The van der Waals surface area contributed by atoms with E-state index in [1.807, 2.05) is 0 Å². The van der Waals surface area contributed by atoms with Gasteiger partial charge in [0.05, 0.1) is 12.6 Å². The van der Waals surface area contributed by atoms with Gasteiger partial charge in [-0.25, -0.2) is 4.99 Å². The minimum absolute atomic E-state index is 0.428. The normalized spacial score (nSPS) is 18.8. The fourth-order valence-corrected chi connectivity index (χ4v) is 2.43. The molecule has 4 heteroatoms. The standard InChI is InChI=1S/C17H27N3O/c1-3-18-17(19-11-10-16-5-4-12-21-16)20-13-15-8-6-14(2)7-9-15/h6-9,16H,3-5,10-13H2,1-2H3,(H2,18,19,20). The van der Waals surface area contributed by atoms with E-state index >= 15 is 0 Å². The van der Waals surface area contributed by atoms with Gasteiger partial charge >= 0.3 is 0 Å². The van der Waals surface area contributed by atoms with E-state index in [2.05, 4.69) is 53.7 Å². The molecule has 1 atom stereocenters. The Morgan fingerprint density at radius 3 is 2.76 bits per heavy atom. The van der Waals surface area contributed by atoms with Crippen molar-refractivity contribution >= 4 is 5.96 Å². The van der Waals surface area contributed by atoms with Gasteiger partial charge in [0, 0.05) is 19.7 Å². The number of benzene rings is 1. The lowest BCUT2D eigenvalue weighted by Gasteiger charge is -2.13. The predicted octanol–water partition coefficient (Wildman–Crippen LogP) is 2.62. The maximum Gasteiger partial charge on any atom is 0.191 e. The summed E-state index contributed by atoms with van der Waals surface area (Å²) in [7, 11) is 0. The van der Waals surface area contributed by atoms with Crippen LogP contribution >= 0.6 is 0 Å². The molecule has 0 spiro atoms. The quantitative estimate of drug-likeness (QED) is 0.625. The number of ether oxygens (including phenoxy) is 1. The zero-order valence-corrected chi connectivity index (χ0v) is 13.2. The third-order valence-electron chi connectivity index (χ3n) is 3.67. The highest BCUT2D eigenvalue weighted by Gasteiger charge is 2.14. The summed E-state index contributed by atoms with van der Waals surface area (Å²) in [6.07, 6.45) is 3.87. The Balaban J connectivity index is 1.78. The summed E-state index contributed by atoms with van der Waals surface area (Å²) in [6, 6.07) is 8.52. The van der Waals surface area contributed by atoms with Gasteiger partial charge in [0.25, 0.3) is 0 Å². The Hall–Kier alpha value is -1.55. The Labute approximate surface area is 128 Å². The van der Waals surface area contributed by atoms with Crippen LogP contribution in [-0.2, 0) is 11.3 Å². The fraction of sp³-hybridized carbons (Fsp3) is 0.588. The molecule has 1 aromatic rings. The number of aliphatic imine (C=N–C) groups is 1. The number of aryl methyl sites for hydroxylation is 1. The van der Waals surface area contributed by atoms with E-state index in [9.17, 15) is 0 Å². The first-order valence-electron chi connectivity index (χ1n) is 7.97. The van der Waals surface area contributed by atoms with Crippen molar-refractivity contribution in [3.05, 3.63) is 35.4 Å². The lowest BCUT2D eigenvalue weighted by molar-refractivity contribution is 0.105. The highest BCUT2D eigenvalue weighted by atomic mass is 16.5. The second kappa shape index (κ2) is 8.67. The first-order chi connectivity index (χ1) is 10.3. The molecular formula is C17H27N3O. The monoisotopic (exact) mass is 289 g/mol. The molecule has 0 bridgehead atoms. The first kappa shape index (κ1) is 15.8. The van der Waals surface area contributed by atoms with Crippen molar-refractivity contribution in [2.24, 2.45) is 4.99 Å². The Bertz CT molecular complexity index is 436. The van der Waals surface area contributed by atoms with Gasteiger partial charge in [-0.05, 0) is 38.7 Å². The Kier molecular flexibility index (Phi) is 6.54. The van der Waals surface area contributed by atoms with Crippen molar-refractivity contribution in [3.8, 4) is 0 Å². The van der Waals surface area contributed by atoms with Crippen molar-refractivity contribution in [1.82, 2.24) is 10.6 Å². The van der Waals surface area contributed by atoms with Gasteiger partial charge in [-0.3, -0.25) is 0 Å². The van der Waals surface area contributed by atoms with Crippen molar-refractivity contribution in [1.29, 1.82) is 0 Å². The predicted molar refractivity (Wildman–Crippen MR) is 87.6 cm³/mol. The van der Waals surface area contributed by atoms with Crippen LogP contribution in [0.1, 0.15) is 37.3 Å². The molecule has 2 rings (SSSR count). The van der Waals surface area contributed by atoms with E-state index in [1.165, 1.54) is 24.0 Å². The molecule has 1 aliphatic heterocycles. The van der Waals surface area contributed by atoms with Gasteiger partial charge in [-0.15, -0.1) is 0 Å². The number of hydrogen-bond donors (Lipinski definition) is 2. The van der Waals surface area contributed by atoms with E-state index in [4.69, 9.17) is 4.74 Å². The zero-order chi connectivity index (χ0) is 14.9. The van der Waals surface area contributed by atoms with Crippen molar-refractivity contribution in [2.45, 2.75) is 45.8 Å². The van der Waals surface area contributed by atoms with E-state index < -0.39 is 0 Å². The van der Waals surface area contributed by atoms with Gasteiger partial charge in [0.15, 0.2) is 5.96 Å². The number of rotatable bonds is 6. The summed E-state index contributed by atoms with van der Waals surface area (Å²) in [6.45, 7) is 7.60. The van der Waals surface area contributed by atoms with Crippen LogP contribution in [0.3, 0.4) is 0 Å². The van der Waals surface area contributed by atoms with Crippen molar-refractivity contribution in [3.63, 3.8) is 0 Å². The van der Waals surface area contributed by atoms with Gasteiger partial charge < -0.3 is 15.4 Å². The molecule has 1 saturated heterocycles. The minimum Gasteiger partial charge on any atom is -0.378 e. The van der Waals surface area contributed by atoms with Crippen molar-refractivity contribution in [2.75, 3.05) is 19.7 Å². The van der Waals surface area contributed by atoms with Crippen LogP contribution in [0.4, 0.5) is 0 Å². The van der Waals surface area contributed by atoms with Crippen LogP contribution in [-0.4, -0.2) is 31.8 Å². The van der Waals surface area contributed by atoms with Gasteiger partial charge in [-0.1, -0.05) is 29.8 Å². The van der Waals surface area contributed by atoms with Crippen LogP contribution in [0.15, 0.2) is 29.3 Å². The molecule has 4 nitrogen and oxygen atoms in total. The molecule has 1 aromatic carbocycles. The van der Waals surface area contributed by atoms with Crippen molar-refractivity contribution < 1.29 is 4.74 Å². The third-order valence-corrected chi connectivity index (χ3v) is 3.67. The molecule has 0 saturated carbocycles. The molecule has 1 heterocycles. The average Bonchev–Trinajstić information content (AvgIpc) is 3.00. The maximum atomic E-state index is 5.63. The molecule has 116 valence electrons. The number of nitrogens with one attached hydrogen (secondary N) is 2. The summed E-state index contributed by atoms with van der Waals surface area (Å²) in [5.41, 5.74) is 2.52. The maximum absolute atomic E-state index is 5.63. The van der Waals surface area contributed by atoms with Gasteiger partial charge in [-0.2, -0.15) is 0 Å². The molecule has 2 N–H and O–H groups in total. The summed E-state index contributed by atoms with van der Waals surface area (Å²) >= 11 is 0. The van der Waals surface area contributed by atoms with Gasteiger partial charge in [0.1, 0.15) is 0 Å². The van der Waals surface area contributed by atoms with E-state index in [-0.39, 0.29) is 0 Å². The summed E-state index contributed by atoms with van der Waals surface area (Å²) in [4.78, 5) is 4.63. The molecular weight excluding hydrogens is 262 g/mol. The molecule has 0 radical (unpaired) electrons. The van der Waals surface area contributed by atoms with Gasteiger partial charge in [0.2, 0.25) is 0 Å². The first-order valence-corrected chi connectivity index (χ1v) is 7.97. The highest BCUT2D eigenvalue weighted by Crippen LogP contribution is 2.14. The molecule has 0 aromatic heterocycles. The third kappa shape index (κ3) is 5.76. The lowest BCUT2D eigenvalue weighted by Crippen LogP contribution is -2.38. The van der Waals surface area contributed by atoms with Crippen LogP contribution < -0.4 is 10.6 Å². The lowest BCUT2D eigenvalue weighted by atomic mass is 10.1. The molecule has 21 heavy (non-hydrogen) atoms. The van der Waals surface area contributed by atoms with Crippen LogP contribution in [0, 0.1) is 6.92 Å². The molecule has 0 amide bonds. The van der Waals surface area contributed by atoms with E-state index in [0.717, 1.165) is 32.1 Å². The Morgan fingerprint density at radius 1 is 1.29 bits per heavy atom. The SMILES string of the molecule is CCNC(=NCc1ccc(C)cc1)NCCC1CCCO1. The van der Waals surface area contributed by atoms with Crippen LogP contribution in [0.2, 0.25) is 0 Å². The highest BCUT2D eigenvalue weighted by molar-refractivity contribution is 5.79. The van der Waals surface area contributed by atoms with Crippen LogP contribution in [0.25, 0.3) is 0 Å². The number of nitrogens with zero attached hydrogens (tertiary/aromatic N) is 1. The molecule has 1 unspecified atom stereocenters. The second-order valence-electron chi connectivity index (χ2n) is 5.53. The molecule has 0 aliphatic carbocycles. The van der Waals surface area contributed by atoms with Crippen LogP contribution in [0.5, 0.6) is 0 Å². The second-order valence-corrected chi connectivity index (χ2v) is 5.53. The number of hydrogen-bond acceptors (Lipinski definition) is 2. The van der Waals surface area contributed by atoms with E-state index in [1.54, 1.807) is 0 Å². The van der Waals surface area contributed by atoms with E-state index in [0.29, 0.717) is 12.6 Å². The fourth-order valence-electron chi connectivity index (χ4n) is 2.43. The Morgan fingerprint density at radius 2 is 2.10 bits per heavy atom. The minimum atomic E-state index is 0.428. The topological polar surface area (TPSA) is 45.7 Å². The summed E-state index contributed by atoms with van der Waals surface area (Å²) in [5.74, 6) is 0.885. The summed E-state index contributed by atoms with van der Waals surface area (Å²) in [5, 5.41) is 6.68.